The van der Waals surface area contributed by atoms with E-state index in [-0.39, 0.29) is 12.5 Å². The third-order valence-electron chi connectivity index (χ3n) is 5.36. The molecule has 0 bridgehead atoms. The smallest absolute Gasteiger partial charge is 0.236 e. The Labute approximate surface area is 181 Å². The van der Waals surface area contributed by atoms with E-state index in [0.29, 0.717) is 6.54 Å². The molecule has 0 saturated carbocycles. The van der Waals surface area contributed by atoms with Crippen molar-refractivity contribution in [3.63, 3.8) is 0 Å². The van der Waals surface area contributed by atoms with Crippen LogP contribution in [-0.4, -0.2) is 50.9 Å². The van der Waals surface area contributed by atoms with Gasteiger partial charge < -0.3 is 20.6 Å². The number of carbonyl (C=O) groups is 1. The fourth-order valence-corrected chi connectivity index (χ4v) is 3.50. The third kappa shape index (κ3) is 4.90. The molecule has 1 amide bonds. The van der Waals surface area contributed by atoms with Crippen LogP contribution in [0.3, 0.4) is 0 Å². The largest absolute Gasteiger partial charge is 0.345 e. The summed E-state index contributed by atoms with van der Waals surface area (Å²) >= 11 is 0. The fraction of sp³-hybridized carbons (Fsp3) is 0.208. The monoisotopic (exact) mass is 414 g/mol. The van der Waals surface area contributed by atoms with Crippen LogP contribution in [-0.2, 0) is 11.2 Å². The maximum Gasteiger partial charge on any atom is 0.236 e. The molecule has 0 atom stereocenters. The lowest BCUT2D eigenvalue weighted by molar-refractivity contribution is -0.128. The number of imidazole rings is 2. The summed E-state index contributed by atoms with van der Waals surface area (Å²) in [5.74, 6) is 0.873. The Morgan fingerprint density at radius 3 is 2.13 bits per heavy atom. The van der Waals surface area contributed by atoms with Crippen molar-refractivity contribution < 1.29 is 4.79 Å². The van der Waals surface area contributed by atoms with Crippen LogP contribution in [0.2, 0.25) is 0 Å². The average Bonchev–Trinajstić information content (AvgIpc) is 3.51. The zero-order chi connectivity index (χ0) is 21.6. The second-order valence-corrected chi connectivity index (χ2v) is 7.49. The number of rotatable bonds is 8. The van der Waals surface area contributed by atoms with Gasteiger partial charge in [-0.2, -0.15) is 0 Å². The molecule has 7 heteroatoms. The van der Waals surface area contributed by atoms with Gasteiger partial charge in [-0.25, -0.2) is 9.97 Å². The quantitative estimate of drug-likeness (QED) is 0.411. The van der Waals surface area contributed by atoms with Crippen LogP contribution in [0.5, 0.6) is 0 Å². The zero-order valence-corrected chi connectivity index (χ0v) is 17.5. The molecule has 31 heavy (non-hydrogen) atoms. The molecule has 0 spiro atoms. The Bertz CT molecular complexity index is 1110. The van der Waals surface area contributed by atoms with Crippen molar-refractivity contribution >= 4 is 5.91 Å². The molecule has 0 unspecified atom stereocenters. The molecular weight excluding hydrogens is 388 g/mol. The Balaban J connectivity index is 1.38. The number of aromatic amines is 2. The lowest BCUT2D eigenvalue weighted by Gasteiger charge is -2.15. The molecule has 2 aromatic carbocycles. The number of H-pyrrole nitrogens is 2. The maximum atomic E-state index is 11.5. The van der Waals surface area contributed by atoms with Crippen LogP contribution < -0.4 is 5.73 Å². The highest BCUT2D eigenvalue weighted by Gasteiger charge is 2.08. The Kier molecular flexibility index (Phi) is 6.24. The summed E-state index contributed by atoms with van der Waals surface area (Å²) in [5, 5.41) is 0. The van der Waals surface area contributed by atoms with Gasteiger partial charge in [-0.1, -0.05) is 48.5 Å². The summed E-state index contributed by atoms with van der Waals surface area (Å²) in [6, 6.07) is 16.9. The molecule has 0 aliphatic heterocycles. The van der Waals surface area contributed by atoms with E-state index in [2.05, 4.69) is 68.5 Å². The van der Waals surface area contributed by atoms with E-state index in [0.717, 1.165) is 52.3 Å². The normalized spacial score (nSPS) is 10.9. The lowest BCUT2D eigenvalue weighted by Crippen LogP contribution is -2.33. The number of nitrogens with two attached hydrogens (primary N) is 1. The number of carbonyl (C=O) groups excluding carboxylic acids is 1. The van der Waals surface area contributed by atoms with Crippen molar-refractivity contribution in [2.45, 2.75) is 12.8 Å². The standard InChI is InChI=1S/C24H26N6O/c1-30(24(31)13-25)12-2-3-23-27-15-22(29-23)20-10-6-18(7-11-20)17-4-8-19(9-5-17)21-14-26-16-28-21/h4-11,14-16H,2-3,12-13,25H2,1H3,(H,26,28)(H,27,29). The van der Waals surface area contributed by atoms with Crippen molar-refractivity contribution in [1.82, 2.24) is 24.8 Å². The number of nitrogens with zero attached hydrogens (tertiary/aromatic N) is 3. The molecule has 0 radical (unpaired) electrons. The predicted octanol–water partition coefficient (Wildman–Crippen LogP) is 3.48. The number of amides is 1. The van der Waals surface area contributed by atoms with Crippen LogP contribution in [0, 0.1) is 0 Å². The SMILES string of the molecule is CN(CCCc1ncc(-c2ccc(-c3ccc(-c4cnc[nH]4)cc3)cc2)[nH]1)C(=O)CN. The summed E-state index contributed by atoms with van der Waals surface area (Å²) in [6.45, 7) is 0.714. The first kappa shape index (κ1) is 20.6. The van der Waals surface area contributed by atoms with Gasteiger partial charge in [0.05, 0.1) is 36.7 Å². The topological polar surface area (TPSA) is 104 Å². The highest BCUT2D eigenvalue weighted by atomic mass is 16.2. The van der Waals surface area contributed by atoms with E-state index in [4.69, 9.17) is 5.73 Å². The molecule has 2 aromatic heterocycles. The average molecular weight is 415 g/mol. The minimum absolute atomic E-state index is 0.0452. The molecule has 4 N–H and O–H groups in total. The maximum absolute atomic E-state index is 11.5. The molecule has 0 saturated heterocycles. The number of aromatic nitrogens is 4. The summed E-state index contributed by atoms with van der Waals surface area (Å²) < 4.78 is 0. The number of aryl methyl sites for hydroxylation is 1. The number of likely N-dealkylation sites (N-methyl/N-ethyl adjacent to an activating group) is 1. The molecule has 4 aromatic rings. The second-order valence-electron chi connectivity index (χ2n) is 7.49. The minimum atomic E-state index is -0.0452. The highest BCUT2D eigenvalue weighted by molar-refractivity contribution is 5.77. The molecule has 0 aliphatic rings. The third-order valence-corrected chi connectivity index (χ3v) is 5.36. The molecular formula is C24H26N6O. The van der Waals surface area contributed by atoms with Gasteiger partial charge in [0.25, 0.3) is 0 Å². The van der Waals surface area contributed by atoms with Crippen molar-refractivity contribution in [1.29, 1.82) is 0 Å². The summed E-state index contributed by atoms with van der Waals surface area (Å²) in [4.78, 5) is 28.2. The Hall–Kier alpha value is -3.71. The fourth-order valence-electron chi connectivity index (χ4n) is 3.50. The van der Waals surface area contributed by atoms with Gasteiger partial charge >= 0.3 is 0 Å². The Morgan fingerprint density at radius 2 is 1.55 bits per heavy atom. The lowest BCUT2D eigenvalue weighted by atomic mass is 10.0. The molecule has 0 aliphatic carbocycles. The van der Waals surface area contributed by atoms with Crippen LogP contribution in [0.1, 0.15) is 12.2 Å². The molecule has 2 heterocycles. The van der Waals surface area contributed by atoms with Crippen LogP contribution in [0.4, 0.5) is 0 Å². The minimum Gasteiger partial charge on any atom is -0.345 e. The first-order chi connectivity index (χ1) is 15.1. The van der Waals surface area contributed by atoms with Gasteiger partial charge in [0.2, 0.25) is 5.91 Å². The number of nitrogens with one attached hydrogen (secondary N) is 2. The molecule has 7 nitrogen and oxygen atoms in total. The van der Waals surface area contributed by atoms with Gasteiger partial charge in [-0.3, -0.25) is 4.79 Å². The van der Waals surface area contributed by atoms with Crippen molar-refractivity contribution in [2.24, 2.45) is 5.73 Å². The van der Waals surface area contributed by atoms with Crippen LogP contribution in [0.25, 0.3) is 33.6 Å². The molecule has 4 rings (SSSR count). The van der Waals surface area contributed by atoms with Crippen molar-refractivity contribution in [2.75, 3.05) is 20.1 Å². The predicted molar refractivity (Wildman–Crippen MR) is 122 cm³/mol. The van der Waals surface area contributed by atoms with Crippen molar-refractivity contribution in [3.05, 3.63) is 73.1 Å². The van der Waals surface area contributed by atoms with E-state index in [1.54, 1.807) is 18.3 Å². The summed E-state index contributed by atoms with van der Waals surface area (Å²) in [7, 11) is 1.77. The van der Waals surface area contributed by atoms with Gasteiger partial charge in [0.1, 0.15) is 5.82 Å². The van der Waals surface area contributed by atoms with E-state index in [1.165, 1.54) is 0 Å². The highest BCUT2D eigenvalue weighted by Crippen LogP contribution is 2.26. The summed E-state index contributed by atoms with van der Waals surface area (Å²) in [6.07, 6.45) is 6.98. The van der Waals surface area contributed by atoms with E-state index < -0.39 is 0 Å². The van der Waals surface area contributed by atoms with E-state index in [1.807, 2.05) is 12.4 Å². The number of benzene rings is 2. The van der Waals surface area contributed by atoms with Gasteiger partial charge in [0.15, 0.2) is 0 Å². The summed E-state index contributed by atoms with van der Waals surface area (Å²) in [5.41, 5.74) is 11.9. The van der Waals surface area contributed by atoms with Gasteiger partial charge in [-0.05, 0) is 28.7 Å². The van der Waals surface area contributed by atoms with Crippen LogP contribution >= 0.6 is 0 Å². The number of hydrogen-bond acceptors (Lipinski definition) is 4. The first-order valence-corrected chi connectivity index (χ1v) is 10.3. The van der Waals surface area contributed by atoms with E-state index in [9.17, 15) is 4.79 Å². The second kappa shape index (κ2) is 9.40. The van der Waals surface area contributed by atoms with E-state index >= 15 is 0 Å². The first-order valence-electron chi connectivity index (χ1n) is 10.3. The zero-order valence-electron chi connectivity index (χ0n) is 17.5. The van der Waals surface area contributed by atoms with Gasteiger partial charge in [-0.15, -0.1) is 0 Å². The van der Waals surface area contributed by atoms with Crippen molar-refractivity contribution in [3.8, 4) is 33.6 Å². The molecule has 0 fully saturated rings. The number of hydrogen-bond donors (Lipinski definition) is 3. The van der Waals surface area contributed by atoms with Crippen LogP contribution in [0.15, 0.2) is 67.3 Å². The molecule has 158 valence electrons. The van der Waals surface area contributed by atoms with Gasteiger partial charge in [0, 0.05) is 20.0 Å². The Morgan fingerprint density at radius 1 is 0.935 bits per heavy atom.